The standard InChI is InChI=1S/C7H8FN2/c1-2-9-6-4-3-5-10-7(6)8/h3,5,9H,2H2,1H3. The SMILES string of the molecule is CCNc1[c]ccnc1F. The van der Waals surface area contributed by atoms with Crippen LogP contribution >= 0.6 is 0 Å². The van der Waals surface area contributed by atoms with Crippen molar-refractivity contribution in [1.82, 2.24) is 4.98 Å². The molecule has 10 heavy (non-hydrogen) atoms. The Bertz CT molecular complexity index is 213. The summed E-state index contributed by atoms with van der Waals surface area (Å²) in [4.78, 5) is 3.44. The molecule has 2 nitrogen and oxygen atoms in total. The Kier molecular flexibility index (Phi) is 2.20. The molecular weight excluding hydrogens is 131 g/mol. The maximum atomic E-state index is 12.6. The van der Waals surface area contributed by atoms with Crippen molar-refractivity contribution in [2.45, 2.75) is 6.92 Å². The summed E-state index contributed by atoms with van der Waals surface area (Å²) in [5, 5.41) is 2.78. The van der Waals surface area contributed by atoms with Crippen LogP contribution in [0.4, 0.5) is 10.1 Å². The summed E-state index contributed by atoms with van der Waals surface area (Å²) in [6, 6.07) is 4.26. The minimum Gasteiger partial charge on any atom is -0.381 e. The van der Waals surface area contributed by atoms with Gasteiger partial charge in [0.05, 0.1) is 5.69 Å². The van der Waals surface area contributed by atoms with Crippen molar-refractivity contribution in [3.8, 4) is 0 Å². The summed E-state index contributed by atoms with van der Waals surface area (Å²) in [5.74, 6) is -0.496. The maximum Gasteiger partial charge on any atom is 0.236 e. The zero-order valence-electron chi connectivity index (χ0n) is 5.69. The van der Waals surface area contributed by atoms with Crippen molar-refractivity contribution >= 4 is 5.69 Å². The number of anilines is 1. The van der Waals surface area contributed by atoms with Crippen LogP contribution in [-0.4, -0.2) is 11.5 Å². The average Bonchev–Trinajstić information content (AvgIpc) is 1.94. The van der Waals surface area contributed by atoms with Crippen LogP contribution in [0.5, 0.6) is 0 Å². The van der Waals surface area contributed by atoms with Gasteiger partial charge in [0.15, 0.2) is 0 Å². The minimum atomic E-state index is -0.496. The molecular formula is C7H8FN2. The Morgan fingerprint density at radius 3 is 3.20 bits per heavy atom. The first-order valence-electron chi connectivity index (χ1n) is 3.10. The van der Waals surface area contributed by atoms with Gasteiger partial charge in [-0.25, -0.2) is 4.98 Å². The van der Waals surface area contributed by atoms with Crippen molar-refractivity contribution < 1.29 is 4.39 Å². The zero-order valence-corrected chi connectivity index (χ0v) is 5.69. The van der Waals surface area contributed by atoms with Gasteiger partial charge in [-0.3, -0.25) is 0 Å². The van der Waals surface area contributed by atoms with Crippen molar-refractivity contribution in [2.75, 3.05) is 11.9 Å². The molecule has 1 N–H and O–H groups in total. The summed E-state index contributed by atoms with van der Waals surface area (Å²) >= 11 is 0. The van der Waals surface area contributed by atoms with E-state index in [4.69, 9.17) is 0 Å². The van der Waals surface area contributed by atoms with Gasteiger partial charge in [-0.05, 0) is 13.0 Å². The van der Waals surface area contributed by atoms with Crippen LogP contribution in [0.25, 0.3) is 0 Å². The maximum absolute atomic E-state index is 12.6. The fraction of sp³-hybridized carbons (Fsp3) is 0.286. The Labute approximate surface area is 59.1 Å². The van der Waals surface area contributed by atoms with E-state index in [2.05, 4.69) is 16.4 Å². The van der Waals surface area contributed by atoms with Gasteiger partial charge in [0, 0.05) is 18.8 Å². The van der Waals surface area contributed by atoms with Gasteiger partial charge in [-0.15, -0.1) is 0 Å². The molecule has 1 rings (SSSR count). The van der Waals surface area contributed by atoms with Crippen LogP contribution in [0, 0.1) is 12.0 Å². The van der Waals surface area contributed by atoms with Crippen molar-refractivity contribution in [1.29, 1.82) is 0 Å². The minimum absolute atomic E-state index is 0.338. The van der Waals surface area contributed by atoms with Gasteiger partial charge < -0.3 is 5.32 Å². The lowest BCUT2D eigenvalue weighted by Gasteiger charge is -2.00. The highest BCUT2D eigenvalue weighted by Crippen LogP contribution is 2.07. The monoisotopic (exact) mass is 139 g/mol. The van der Waals surface area contributed by atoms with Crippen LogP contribution in [0.3, 0.4) is 0 Å². The van der Waals surface area contributed by atoms with E-state index in [0.717, 1.165) is 0 Å². The largest absolute Gasteiger partial charge is 0.381 e. The first kappa shape index (κ1) is 6.99. The quantitative estimate of drug-likeness (QED) is 0.627. The molecule has 53 valence electrons. The highest BCUT2D eigenvalue weighted by atomic mass is 19.1. The molecule has 0 atom stereocenters. The molecule has 1 radical (unpaired) electrons. The van der Waals surface area contributed by atoms with Crippen LogP contribution in [0.15, 0.2) is 12.3 Å². The molecule has 3 heteroatoms. The molecule has 1 aromatic rings. The fourth-order valence-electron chi connectivity index (χ4n) is 0.648. The molecule has 1 heterocycles. The van der Waals surface area contributed by atoms with Crippen molar-refractivity contribution in [3.05, 3.63) is 24.3 Å². The molecule has 0 spiro atoms. The Morgan fingerprint density at radius 2 is 2.60 bits per heavy atom. The molecule has 0 bridgehead atoms. The van der Waals surface area contributed by atoms with Gasteiger partial charge in [-0.2, -0.15) is 4.39 Å². The highest BCUT2D eigenvalue weighted by Gasteiger charge is 1.97. The number of pyridine rings is 1. The summed E-state index contributed by atoms with van der Waals surface area (Å²) in [5.41, 5.74) is 0.338. The van der Waals surface area contributed by atoms with E-state index in [1.54, 1.807) is 6.07 Å². The Morgan fingerprint density at radius 1 is 1.80 bits per heavy atom. The topological polar surface area (TPSA) is 24.9 Å². The summed E-state index contributed by atoms with van der Waals surface area (Å²) in [7, 11) is 0. The van der Waals surface area contributed by atoms with E-state index in [1.165, 1.54) is 6.20 Å². The van der Waals surface area contributed by atoms with Crippen LogP contribution in [0.2, 0.25) is 0 Å². The van der Waals surface area contributed by atoms with E-state index < -0.39 is 5.95 Å². The third-order valence-corrected chi connectivity index (χ3v) is 1.05. The molecule has 0 aromatic carbocycles. The number of rotatable bonds is 2. The second-order valence-electron chi connectivity index (χ2n) is 1.79. The number of aromatic nitrogens is 1. The first-order chi connectivity index (χ1) is 4.84. The first-order valence-corrected chi connectivity index (χ1v) is 3.10. The van der Waals surface area contributed by atoms with Crippen molar-refractivity contribution in [2.24, 2.45) is 0 Å². The summed E-state index contributed by atoms with van der Waals surface area (Å²) in [6.07, 6.45) is 1.37. The number of hydrogen-bond acceptors (Lipinski definition) is 2. The number of nitrogens with zero attached hydrogens (tertiary/aromatic N) is 1. The van der Waals surface area contributed by atoms with E-state index in [0.29, 0.717) is 12.2 Å². The lowest BCUT2D eigenvalue weighted by molar-refractivity contribution is 0.586. The summed E-state index contributed by atoms with van der Waals surface area (Å²) < 4.78 is 12.6. The third-order valence-electron chi connectivity index (χ3n) is 1.05. The Balaban J connectivity index is 2.81. The van der Waals surface area contributed by atoms with Crippen molar-refractivity contribution in [3.63, 3.8) is 0 Å². The molecule has 0 saturated carbocycles. The van der Waals surface area contributed by atoms with Crippen LogP contribution in [-0.2, 0) is 0 Å². The molecule has 1 aromatic heterocycles. The molecule has 0 aliphatic rings. The Hall–Kier alpha value is -1.12. The third kappa shape index (κ3) is 1.43. The van der Waals surface area contributed by atoms with E-state index in [1.807, 2.05) is 6.92 Å². The summed E-state index contributed by atoms with van der Waals surface area (Å²) in [6.45, 7) is 2.57. The molecule has 0 amide bonds. The molecule has 0 unspecified atom stereocenters. The van der Waals surface area contributed by atoms with Gasteiger partial charge in [-0.1, -0.05) is 0 Å². The number of halogens is 1. The van der Waals surface area contributed by atoms with Gasteiger partial charge in [0.25, 0.3) is 0 Å². The normalized spacial score (nSPS) is 9.40. The van der Waals surface area contributed by atoms with E-state index >= 15 is 0 Å². The second kappa shape index (κ2) is 3.15. The van der Waals surface area contributed by atoms with E-state index in [9.17, 15) is 4.39 Å². The fourth-order valence-corrected chi connectivity index (χ4v) is 0.648. The molecule has 0 aliphatic carbocycles. The number of nitrogens with one attached hydrogen (secondary N) is 1. The van der Waals surface area contributed by atoms with Gasteiger partial charge in [0.1, 0.15) is 0 Å². The lowest BCUT2D eigenvalue weighted by Crippen LogP contribution is -2.00. The van der Waals surface area contributed by atoms with Crippen LogP contribution in [0.1, 0.15) is 6.92 Å². The number of hydrogen-bond donors (Lipinski definition) is 1. The second-order valence-corrected chi connectivity index (χ2v) is 1.79. The van der Waals surface area contributed by atoms with Gasteiger partial charge in [0.2, 0.25) is 5.95 Å². The van der Waals surface area contributed by atoms with Gasteiger partial charge >= 0.3 is 0 Å². The molecule has 0 saturated heterocycles. The highest BCUT2D eigenvalue weighted by molar-refractivity contribution is 5.39. The zero-order chi connectivity index (χ0) is 7.40. The molecule has 0 fully saturated rings. The smallest absolute Gasteiger partial charge is 0.236 e. The average molecular weight is 139 g/mol. The van der Waals surface area contributed by atoms with Crippen LogP contribution < -0.4 is 5.32 Å². The predicted octanol–water partition coefficient (Wildman–Crippen LogP) is 1.45. The predicted molar refractivity (Wildman–Crippen MR) is 37.2 cm³/mol. The lowest BCUT2D eigenvalue weighted by atomic mass is 10.4. The van der Waals surface area contributed by atoms with E-state index in [-0.39, 0.29) is 0 Å². The molecule has 0 aliphatic heterocycles.